The van der Waals surface area contributed by atoms with Gasteiger partial charge >= 0.3 is 0 Å². The van der Waals surface area contributed by atoms with Gasteiger partial charge in [-0.25, -0.2) is 0 Å². The van der Waals surface area contributed by atoms with Gasteiger partial charge in [-0.2, -0.15) is 0 Å². The molecule has 3 aromatic rings. The zero-order valence-electron chi connectivity index (χ0n) is 21.7. The minimum Gasteiger partial charge on any atom is -0.0654 e. The summed E-state index contributed by atoms with van der Waals surface area (Å²) in [4.78, 5) is 0. The van der Waals surface area contributed by atoms with Crippen LogP contribution in [0.4, 0.5) is 0 Å². The van der Waals surface area contributed by atoms with Gasteiger partial charge in [-0.3, -0.25) is 0 Å². The second-order valence-electron chi connectivity index (χ2n) is 9.45. The third kappa shape index (κ3) is 10.3. The van der Waals surface area contributed by atoms with Gasteiger partial charge in [0.1, 0.15) is 0 Å². The van der Waals surface area contributed by atoms with Crippen molar-refractivity contribution >= 4 is 0 Å². The van der Waals surface area contributed by atoms with Crippen LogP contribution in [0.25, 0.3) is 0 Å². The molecule has 3 aromatic carbocycles. The van der Waals surface area contributed by atoms with Crippen LogP contribution in [-0.4, -0.2) is 0 Å². The Balaban J connectivity index is 1.48. The molecule has 0 heteroatoms. The molecule has 0 saturated heterocycles. The highest BCUT2D eigenvalue weighted by Crippen LogP contribution is 2.12. The first-order valence-electron chi connectivity index (χ1n) is 13.6. The number of benzene rings is 3. The monoisotopic (exact) mass is 460 g/mol. The molecule has 0 aromatic heterocycles. The molecule has 180 valence electrons. The lowest BCUT2D eigenvalue weighted by molar-refractivity contribution is 0.607. The van der Waals surface area contributed by atoms with Crippen LogP contribution in [0.1, 0.15) is 105 Å². The lowest BCUT2D eigenvalue weighted by Gasteiger charge is -2.02. The molecule has 3 rings (SSSR count). The lowest BCUT2D eigenvalue weighted by atomic mass is 10.0. The topological polar surface area (TPSA) is 0 Å². The highest BCUT2D eigenvalue weighted by Gasteiger charge is 1.96. The predicted octanol–water partition coefficient (Wildman–Crippen LogP) is 9.12. The van der Waals surface area contributed by atoms with Gasteiger partial charge < -0.3 is 0 Å². The number of hydrogen-bond acceptors (Lipinski definition) is 0. The smallest absolute Gasteiger partial charge is 0.0249 e. The minimum atomic E-state index is 1.02. The van der Waals surface area contributed by atoms with E-state index < -0.39 is 0 Å². The van der Waals surface area contributed by atoms with E-state index >= 15 is 0 Å². The molecule has 35 heavy (non-hydrogen) atoms. The first-order valence-corrected chi connectivity index (χ1v) is 13.6. The van der Waals surface area contributed by atoms with Crippen molar-refractivity contribution in [2.75, 3.05) is 0 Å². The molecule has 0 spiro atoms. The number of rotatable bonds is 11. The van der Waals surface area contributed by atoms with Crippen molar-refractivity contribution in [2.24, 2.45) is 0 Å². The van der Waals surface area contributed by atoms with Gasteiger partial charge in [0.2, 0.25) is 0 Å². The van der Waals surface area contributed by atoms with Crippen LogP contribution in [0, 0.1) is 23.7 Å². The molecule has 0 nitrogen and oxygen atoms in total. The van der Waals surface area contributed by atoms with Gasteiger partial charge in [-0.05, 0) is 85.3 Å². The number of unbranched alkanes of at least 4 members (excludes halogenated alkanes) is 7. The normalized spacial score (nSPS) is 10.2. The van der Waals surface area contributed by atoms with E-state index in [0.29, 0.717) is 0 Å². The Hall–Kier alpha value is -3.22. The average Bonchev–Trinajstić information content (AvgIpc) is 2.90. The summed E-state index contributed by atoms with van der Waals surface area (Å²) in [5.74, 6) is 13.1. The molecule has 0 fully saturated rings. The molecule has 0 saturated carbocycles. The second-order valence-corrected chi connectivity index (χ2v) is 9.45. The van der Waals surface area contributed by atoms with Crippen LogP contribution >= 0.6 is 0 Å². The first-order chi connectivity index (χ1) is 17.3. The Morgan fingerprint density at radius 3 is 1.06 bits per heavy atom. The minimum absolute atomic E-state index is 1.02. The van der Waals surface area contributed by atoms with E-state index in [0.717, 1.165) is 28.7 Å². The van der Waals surface area contributed by atoms with Gasteiger partial charge in [-0.15, -0.1) is 0 Å². The summed E-state index contributed by atoms with van der Waals surface area (Å²) in [5.41, 5.74) is 6.98. The third-order valence-corrected chi connectivity index (χ3v) is 6.38. The maximum Gasteiger partial charge on any atom is 0.0249 e. The SMILES string of the molecule is CCCCCCCCc1ccc(C#Cc2ccc(C#Cc3ccc(CCCCC)cc3)cc2)cc1. The third-order valence-electron chi connectivity index (χ3n) is 6.38. The first kappa shape index (κ1) is 26.4. The summed E-state index contributed by atoms with van der Waals surface area (Å²) >= 11 is 0. The van der Waals surface area contributed by atoms with Gasteiger partial charge in [0.25, 0.3) is 0 Å². The van der Waals surface area contributed by atoms with Gasteiger partial charge in [0, 0.05) is 22.3 Å². The molecule has 0 amide bonds. The van der Waals surface area contributed by atoms with Gasteiger partial charge in [0.15, 0.2) is 0 Å². The zero-order valence-corrected chi connectivity index (χ0v) is 21.7. The van der Waals surface area contributed by atoms with Crippen molar-refractivity contribution in [3.05, 3.63) is 106 Å². The maximum atomic E-state index is 3.29. The molecule has 0 aliphatic heterocycles. The van der Waals surface area contributed by atoms with Gasteiger partial charge in [-0.1, -0.05) is 107 Å². The van der Waals surface area contributed by atoms with Crippen LogP contribution in [-0.2, 0) is 12.8 Å². The number of hydrogen-bond donors (Lipinski definition) is 0. The van der Waals surface area contributed by atoms with Crippen LogP contribution in [0.2, 0.25) is 0 Å². The quantitative estimate of drug-likeness (QED) is 0.198. The van der Waals surface area contributed by atoms with Crippen LogP contribution in [0.3, 0.4) is 0 Å². The fraction of sp³-hybridized carbons (Fsp3) is 0.371. The van der Waals surface area contributed by atoms with E-state index in [1.54, 1.807) is 0 Å². The molecule has 0 radical (unpaired) electrons. The van der Waals surface area contributed by atoms with E-state index in [4.69, 9.17) is 0 Å². The maximum absolute atomic E-state index is 3.29. The fourth-order valence-corrected chi connectivity index (χ4v) is 4.12. The molecule has 0 unspecified atom stereocenters. The Labute approximate surface area is 214 Å². The standard InChI is InChI=1S/C35H40/c1-3-5-7-8-9-11-13-31-16-20-33(21-17-31)23-25-35-28-26-34(27-29-35)24-22-32-18-14-30(15-19-32)12-10-6-4-2/h14-21,26-29H,3-13H2,1-2H3. The molecule has 0 atom stereocenters. The Morgan fingerprint density at radius 1 is 0.371 bits per heavy atom. The van der Waals surface area contributed by atoms with E-state index in [1.165, 1.54) is 75.3 Å². The predicted molar refractivity (Wildman–Crippen MR) is 152 cm³/mol. The largest absolute Gasteiger partial charge is 0.0654 e. The zero-order chi connectivity index (χ0) is 24.6. The Bertz CT molecular complexity index is 1110. The van der Waals surface area contributed by atoms with E-state index in [1.807, 2.05) is 0 Å². The van der Waals surface area contributed by atoms with Crippen LogP contribution in [0.5, 0.6) is 0 Å². The van der Waals surface area contributed by atoms with Crippen LogP contribution in [0.15, 0.2) is 72.8 Å². The summed E-state index contributed by atoms with van der Waals surface area (Å²) in [6.45, 7) is 4.51. The summed E-state index contributed by atoms with van der Waals surface area (Å²) < 4.78 is 0. The van der Waals surface area contributed by atoms with Crippen molar-refractivity contribution in [3.63, 3.8) is 0 Å². The highest BCUT2D eigenvalue weighted by molar-refractivity contribution is 5.48. The summed E-state index contributed by atoms with van der Waals surface area (Å²) in [6, 6.07) is 25.7. The highest BCUT2D eigenvalue weighted by atomic mass is 14.0. The lowest BCUT2D eigenvalue weighted by Crippen LogP contribution is -1.87. The molecule has 0 aliphatic rings. The molecule has 0 bridgehead atoms. The average molecular weight is 461 g/mol. The number of aryl methyl sites for hydroxylation is 2. The molecular weight excluding hydrogens is 420 g/mol. The Morgan fingerprint density at radius 2 is 0.657 bits per heavy atom. The summed E-state index contributed by atoms with van der Waals surface area (Å²) in [7, 11) is 0. The molecule has 0 heterocycles. The van der Waals surface area contributed by atoms with E-state index in [-0.39, 0.29) is 0 Å². The van der Waals surface area contributed by atoms with E-state index in [9.17, 15) is 0 Å². The summed E-state index contributed by atoms with van der Waals surface area (Å²) in [6.07, 6.45) is 14.2. The van der Waals surface area contributed by atoms with Crippen molar-refractivity contribution in [2.45, 2.75) is 84.5 Å². The fourth-order valence-electron chi connectivity index (χ4n) is 4.12. The molecule has 0 N–H and O–H groups in total. The van der Waals surface area contributed by atoms with Crippen molar-refractivity contribution in [3.8, 4) is 23.7 Å². The molecular formula is C35H40. The van der Waals surface area contributed by atoms with E-state index in [2.05, 4.69) is 110 Å². The second kappa shape index (κ2) is 15.6. The van der Waals surface area contributed by atoms with Crippen molar-refractivity contribution in [1.29, 1.82) is 0 Å². The summed E-state index contributed by atoms with van der Waals surface area (Å²) in [5, 5.41) is 0. The van der Waals surface area contributed by atoms with Crippen molar-refractivity contribution < 1.29 is 0 Å². The Kier molecular flexibility index (Phi) is 11.8. The van der Waals surface area contributed by atoms with Crippen molar-refractivity contribution in [1.82, 2.24) is 0 Å². The molecule has 0 aliphatic carbocycles. The van der Waals surface area contributed by atoms with Gasteiger partial charge in [0.05, 0.1) is 0 Å². The van der Waals surface area contributed by atoms with Crippen LogP contribution < -0.4 is 0 Å².